The zero-order valence-electron chi connectivity index (χ0n) is 14.9. The molecule has 2 rings (SSSR count). The van der Waals surface area contributed by atoms with Gasteiger partial charge in [0.1, 0.15) is 0 Å². The molecule has 1 heterocycles. The van der Waals surface area contributed by atoms with Crippen LogP contribution < -0.4 is 5.32 Å². The summed E-state index contributed by atoms with van der Waals surface area (Å²) in [6.45, 7) is 3.30. The Morgan fingerprint density at radius 3 is 2.61 bits per heavy atom. The summed E-state index contributed by atoms with van der Waals surface area (Å²) in [4.78, 5) is 17.9. The van der Waals surface area contributed by atoms with E-state index in [2.05, 4.69) is 19.9 Å². The number of carbonyl (C=O) groups excluding carboxylic acids is 1. The lowest BCUT2D eigenvalue weighted by atomic mass is 9.86. The summed E-state index contributed by atoms with van der Waals surface area (Å²) >= 11 is 0. The first kappa shape index (κ1) is 18.1. The van der Waals surface area contributed by atoms with E-state index in [1.807, 2.05) is 7.05 Å². The molecule has 0 aromatic rings. The van der Waals surface area contributed by atoms with E-state index in [0.717, 1.165) is 44.7 Å². The van der Waals surface area contributed by atoms with Crippen molar-refractivity contribution in [1.29, 1.82) is 0 Å². The average molecular weight is 323 g/mol. The maximum atomic E-state index is 11.0. The Labute approximate surface area is 140 Å². The molecule has 132 valence electrons. The van der Waals surface area contributed by atoms with E-state index in [9.17, 15) is 4.79 Å². The first-order valence-electron chi connectivity index (χ1n) is 9.21. The fourth-order valence-electron chi connectivity index (χ4n) is 4.03. The monoisotopic (exact) mass is 323 g/mol. The van der Waals surface area contributed by atoms with Crippen LogP contribution in [0.3, 0.4) is 0 Å². The van der Waals surface area contributed by atoms with Crippen molar-refractivity contribution in [2.45, 2.75) is 64.2 Å². The SMILES string of the molecule is CN=C(NCCCCCCC(=O)OC)N1CCC2(CCCC2)C1. The molecule has 0 radical (unpaired) electrons. The number of guanidine groups is 1. The Bertz CT molecular complexity index is 403. The maximum Gasteiger partial charge on any atom is 0.305 e. The van der Waals surface area contributed by atoms with Crippen LogP contribution in [-0.4, -0.2) is 50.6 Å². The van der Waals surface area contributed by atoms with Gasteiger partial charge in [-0.3, -0.25) is 9.79 Å². The van der Waals surface area contributed by atoms with Gasteiger partial charge < -0.3 is 15.0 Å². The molecule has 0 aromatic carbocycles. The molecule has 1 N–H and O–H groups in total. The standard InChI is InChI=1S/C18H33N3O2/c1-19-17(20-13-8-4-3-5-9-16(22)23-2)21-14-12-18(15-21)10-6-7-11-18/h3-15H2,1-2H3,(H,19,20). The molecule has 0 aromatic heterocycles. The number of rotatable bonds is 7. The van der Waals surface area contributed by atoms with Crippen LogP contribution in [0.1, 0.15) is 64.2 Å². The number of hydrogen-bond donors (Lipinski definition) is 1. The van der Waals surface area contributed by atoms with Gasteiger partial charge in [-0.25, -0.2) is 0 Å². The summed E-state index contributed by atoms with van der Waals surface area (Å²) in [5, 5.41) is 3.51. The number of carbonyl (C=O) groups is 1. The molecule has 5 nitrogen and oxygen atoms in total. The van der Waals surface area contributed by atoms with Crippen molar-refractivity contribution in [2.24, 2.45) is 10.4 Å². The number of hydrogen-bond acceptors (Lipinski definition) is 3. The lowest BCUT2D eigenvalue weighted by molar-refractivity contribution is -0.140. The molecule has 1 saturated heterocycles. The van der Waals surface area contributed by atoms with Gasteiger partial charge in [0.15, 0.2) is 5.96 Å². The van der Waals surface area contributed by atoms with Crippen LogP contribution in [0, 0.1) is 5.41 Å². The minimum absolute atomic E-state index is 0.0987. The highest BCUT2D eigenvalue weighted by Crippen LogP contribution is 2.45. The number of likely N-dealkylation sites (tertiary alicyclic amines) is 1. The summed E-state index contributed by atoms with van der Waals surface area (Å²) in [7, 11) is 3.34. The fourth-order valence-corrected chi connectivity index (χ4v) is 4.03. The van der Waals surface area contributed by atoms with E-state index in [0.29, 0.717) is 11.8 Å². The van der Waals surface area contributed by atoms with Crippen LogP contribution in [0.5, 0.6) is 0 Å². The Morgan fingerprint density at radius 1 is 1.17 bits per heavy atom. The number of ether oxygens (including phenoxy) is 1. The van der Waals surface area contributed by atoms with Crippen molar-refractivity contribution in [1.82, 2.24) is 10.2 Å². The van der Waals surface area contributed by atoms with Gasteiger partial charge in [0.25, 0.3) is 0 Å². The zero-order chi connectivity index (χ0) is 16.5. The van der Waals surface area contributed by atoms with Crippen LogP contribution in [0.4, 0.5) is 0 Å². The summed E-state index contributed by atoms with van der Waals surface area (Å²) in [6, 6.07) is 0. The van der Waals surface area contributed by atoms with Crippen LogP contribution in [0.2, 0.25) is 0 Å². The summed E-state index contributed by atoms with van der Waals surface area (Å²) < 4.78 is 4.65. The van der Waals surface area contributed by atoms with E-state index in [1.54, 1.807) is 0 Å². The fraction of sp³-hybridized carbons (Fsp3) is 0.889. The van der Waals surface area contributed by atoms with Gasteiger partial charge in [-0.2, -0.15) is 0 Å². The van der Waals surface area contributed by atoms with Crippen molar-refractivity contribution in [2.75, 3.05) is 33.8 Å². The van der Waals surface area contributed by atoms with Crippen molar-refractivity contribution in [3.63, 3.8) is 0 Å². The van der Waals surface area contributed by atoms with Crippen LogP contribution in [0.15, 0.2) is 4.99 Å². The molecule has 1 aliphatic heterocycles. The lowest BCUT2D eigenvalue weighted by Gasteiger charge is -2.25. The molecule has 0 bridgehead atoms. The number of aliphatic imine (C=N–C) groups is 1. The van der Waals surface area contributed by atoms with Crippen LogP contribution in [0.25, 0.3) is 0 Å². The summed E-state index contributed by atoms with van der Waals surface area (Å²) in [5.41, 5.74) is 0.589. The molecule has 0 amide bonds. The summed E-state index contributed by atoms with van der Waals surface area (Å²) in [6.07, 6.45) is 11.8. The predicted octanol–water partition coefficient (Wildman–Crippen LogP) is 2.95. The van der Waals surface area contributed by atoms with E-state index in [4.69, 9.17) is 0 Å². The molecule has 2 fully saturated rings. The van der Waals surface area contributed by atoms with Gasteiger partial charge >= 0.3 is 5.97 Å². The van der Waals surface area contributed by atoms with Crippen molar-refractivity contribution < 1.29 is 9.53 Å². The van der Waals surface area contributed by atoms with E-state index in [1.165, 1.54) is 45.8 Å². The number of nitrogens with one attached hydrogen (secondary N) is 1. The Hall–Kier alpha value is -1.26. The lowest BCUT2D eigenvalue weighted by Crippen LogP contribution is -2.41. The molecule has 23 heavy (non-hydrogen) atoms. The molecule has 1 saturated carbocycles. The smallest absolute Gasteiger partial charge is 0.305 e. The molecule has 1 aliphatic carbocycles. The Morgan fingerprint density at radius 2 is 1.91 bits per heavy atom. The highest BCUT2D eigenvalue weighted by Gasteiger charge is 2.40. The molecule has 2 aliphatic rings. The molecular formula is C18H33N3O2. The normalized spacial score (nSPS) is 20.3. The number of methoxy groups -OCH3 is 1. The van der Waals surface area contributed by atoms with Crippen LogP contribution >= 0.6 is 0 Å². The van der Waals surface area contributed by atoms with Crippen molar-refractivity contribution >= 4 is 11.9 Å². The second-order valence-electron chi connectivity index (χ2n) is 7.09. The van der Waals surface area contributed by atoms with Gasteiger partial charge in [0.2, 0.25) is 0 Å². The van der Waals surface area contributed by atoms with E-state index < -0.39 is 0 Å². The molecule has 0 unspecified atom stereocenters. The quantitative estimate of drug-likeness (QED) is 0.339. The van der Waals surface area contributed by atoms with Gasteiger partial charge in [-0.1, -0.05) is 25.7 Å². The Balaban J connectivity index is 1.58. The minimum Gasteiger partial charge on any atom is -0.469 e. The zero-order valence-corrected chi connectivity index (χ0v) is 14.9. The Kier molecular flexibility index (Phi) is 7.18. The summed E-state index contributed by atoms with van der Waals surface area (Å²) in [5.74, 6) is 0.974. The largest absolute Gasteiger partial charge is 0.469 e. The predicted molar refractivity (Wildman–Crippen MR) is 93.6 cm³/mol. The van der Waals surface area contributed by atoms with Crippen molar-refractivity contribution in [3.8, 4) is 0 Å². The first-order chi connectivity index (χ1) is 11.2. The minimum atomic E-state index is -0.0987. The van der Waals surface area contributed by atoms with E-state index in [-0.39, 0.29) is 5.97 Å². The molecular weight excluding hydrogens is 290 g/mol. The van der Waals surface area contributed by atoms with Gasteiger partial charge in [0.05, 0.1) is 7.11 Å². The second kappa shape index (κ2) is 9.14. The van der Waals surface area contributed by atoms with Crippen LogP contribution in [-0.2, 0) is 9.53 Å². The number of unbranched alkanes of at least 4 members (excludes halogenated alkanes) is 3. The second-order valence-corrected chi connectivity index (χ2v) is 7.09. The number of nitrogens with zero attached hydrogens (tertiary/aromatic N) is 2. The van der Waals surface area contributed by atoms with Gasteiger partial charge in [0, 0.05) is 33.1 Å². The molecule has 5 heteroatoms. The topological polar surface area (TPSA) is 53.9 Å². The highest BCUT2D eigenvalue weighted by molar-refractivity contribution is 5.80. The number of esters is 1. The molecule has 1 spiro atoms. The first-order valence-corrected chi connectivity index (χ1v) is 9.21. The average Bonchev–Trinajstić information content (AvgIpc) is 3.20. The van der Waals surface area contributed by atoms with Crippen molar-refractivity contribution in [3.05, 3.63) is 0 Å². The maximum absolute atomic E-state index is 11.0. The van der Waals surface area contributed by atoms with Gasteiger partial charge in [-0.15, -0.1) is 0 Å². The third-order valence-electron chi connectivity index (χ3n) is 5.43. The highest BCUT2D eigenvalue weighted by atomic mass is 16.5. The third kappa shape index (κ3) is 5.40. The van der Waals surface area contributed by atoms with Gasteiger partial charge in [-0.05, 0) is 37.5 Å². The molecule has 0 atom stereocenters. The van der Waals surface area contributed by atoms with E-state index >= 15 is 0 Å². The third-order valence-corrected chi connectivity index (χ3v) is 5.43.